The predicted molar refractivity (Wildman–Crippen MR) is 119 cm³/mol. The Morgan fingerprint density at radius 3 is 2.52 bits per heavy atom. The first-order valence-electron chi connectivity index (χ1n) is 9.86. The van der Waals surface area contributed by atoms with Crippen LogP contribution in [0.5, 0.6) is 0 Å². The Hall–Kier alpha value is -4.00. The van der Waals surface area contributed by atoms with Gasteiger partial charge in [0.1, 0.15) is 5.56 Å². The summed E-state index contributed by atoms with van der Waals surface area (Å²) in [6.07, 6.45) is 1.51. The highest BCUT2D eigenvalue weighted by molar-refractivity contribution is 6.13. The summed E-state index contributed by atoms with van der Waals surface area (Å²) in [4.78, 5) is 33.1. The van der Waals surface area contributed by atoms with E-state index in [-0.39, 0.29) is 17.7 Å². The first-order valence-corrected chi connectivity index (χ1v) is 9.86. The summed E-state index contributed by atoms with van der Waals surface area (Å²) in [5.41, 5.74) is 4.96. The number of rotatable bonds is 5. The minimum Gasteiger partial charge on any atom is -0.478 e. The number of aromatic carboxylic acids is 1. The van der Waals surface area contributed by atoms with E-state index in [1.807, 2.05) is 32.0 Å². The van der Waals surface area contributed by atoms with Crippen molar-refractivity contribution in [2.75, 3.05) is 11.9 Å². The molecule has 7 heteroatoms. The standard InChI is InChI=1S/C24H21N3O4/c1-4-31-24(30)18-12-25-21-17-11-13(2)5-10-19(17)26-14(3)20(21)22(18)27-16-8-6-15(7-9-16)23(28)29/h5-12H,4H2,1-3H3,(H,25,27)(H,28,29). The smallest absolute Gasteiger partial charge is 0.341 e. The third-order valence-corrected chi connectivity index (χ3v) is 5.03. The van der Waals surface area contributed by atoms with Gasteiger partial charge in [-0.3, -0.25) is 9.97 Å². The Labute approximate surface area is 178 Å². The number of aryl methyl sites for hydroxylation is 2. The predicted octanol–water partition coefficient (Wildman–Crippen LogP) is 5.02. The van der Waals surface area contributed by atoms with Crippen molar-refractivity contribution in [2.24, 2.45) is 0 Å². The lowest BCUT2D eigenvalue weighted by molar-refractivity contribution is 0.0526. The number of anilines is 2. The van der Waals surface area contributed by atoms with Crippen LogP contribution in [0.3, 0.4) is 0 Å². The highest BCUT2D eigenvalue weighted by Crippen LogP contribution is 2.35. The van der Waals surface area contributed by atoms with Gasteiger partial charge in [-0.1, -0.05) is 11.6 Å². The zero-order valence-corrected chi connectivity index (χ0v) is 17.4. The van der Waals surface area contributed by atoms with Gasteiger partial charge in [0, 0.05) is 28.4 Å². The van der Waals surface area contributed by atoms with Crippen LogP contribution in [-0.2, 0) is 4.74 Å². The van der Waals surface area contributed by atoms with Crippen LogP contribution >= 0.6 is 0 Å². The molecule has 2 aromatic carbocycles. The van der Waals surface area contributed by atoms with Crippen LogP contribution in [0.2, 0.25) is 0 Å². The third-order valence-electron chi connectivity index (χ3n) is 5.03. The molecule has 2 N–H and O–H groups in total. The number of esters is 1. The maximum absolute atomic E-state index is 12.7. The molecule has 0 bridgehead atoms. The summed E-state index contributed by atoms with van der Waals surface area (Å²) in [5.74, 6) is -1.50. The van der Waals surface area contributed by atoms with E-state index in [0.29, 0.717) is 16.8 Å². The molecule has 0 saturated heterocycles. The fourth-order valence-electron chi connectivity index (χ4n) is 3.58. The Bertz CT molecular complexity index is 1330. The number of nitrogens with one attached hydrogen (secondary N) is 1. The summed E-state index contributed by atoms with van der Waals surface area (Å²) in [6, 6.07) is 12.3. The van der Waals surface area contributed by atoms with Crippen LogP contribution in [0.1, 0.15) is 38.9 Å². The van der Waals surface area contributed by atoms with E-state index in [0.717, 1.165) is 27.7 Å². The van der Waals surface area contributed by atoms with E-state index in [2.05, 4.69) is 10.3 Å². The summed E-state index contributed by atoms with van der Waals surface area (Å²) in [5, 5.41) is 14.0. The van der Waals surface area contributed by atoms with Crippen molar-refractivity contribution in [3.63, 3.8) is 0 Å². The van der Waals surface area contributed by atoms with Gasteiger partial charge in [0.15, 0.2) is 0 Å². The zero-order chi connectivity index (χ0) is 22.1. The number of benzene rings is 2. The minimum atomic E-state index is -1.00. The molecule has 0 aliphatic carbocycles. The zero-order valence-electron chi connectivity index (χ0n) is 17.4. The molecule has 0 aliphatic heterocycles. The van der Waals surface area contributed by atoms with Crippen molar-refractivity contribution in [1.29, 1.82) is 0 Å². The number of carboxylic acid groups (broad SMARTS) is 1. The molecule has 0 atom stereocenters. The van der Waals surface area contributed by atoms with Gasteiger partial charge in [-0.05, 0) is 57.2 Å². The van der Waals surface area contributed by atoms with E-state index in [9.17, 15) is 9.59 Å². The van der Waals surface area contributed by atoms with E-state index in [1.165, 1.54) is 18.3 Å². The van der Waals surface area contributed by atoms with Crippen LogP contribution < -0.4 is 5.32 Å². The maximum atomic E-state index is 12.7. The molecule has 4 rings (SSSR count). The number of hydrogen-bond donors (Lipinski definition) is 2. The van der Waals surface area contributed by atoms with Crippen molar-refractivity contribution >= 4 is 45.1 Å². The van der Waals surface area contributed by atoms with Gasteiger partial charge < -0.3 is 15.2 Å². The Kier molecular flexibility index (Phi) is 5.25. The number of aromatic nitrogens is 2. The molecule has 0 unspecified atom stereocenters. The second kappa shape index (κ2) is 8.02. The summed E-state index contributed by atoms with van der Waals surface area (Å²) >= 11 is 0. The Balaban J connectivity index is 1.97. The number of carbonyl (C=O) groups is 2. The molecular formula is C24H21N3O4. The summed E-state index contributed by atoms with van der Waals surface area (Å²) in [6.45, 7) is 5.85. The topological polar surface area (TPSA) is 101 Å². The number of nitrogens with zero attached hydrogens (tertiary/aromatic N) is 2. The van der Waals surface area contributed by atoms with Crippen LogP contribution in [-0.4, -0.2) is 33.6 Å². The van der Waals surface area contributed by atoms with Gasteiger partial charge in [0.05, 0.1) is 28.9 Å². The third kappa shape index (κ3) is 3.77. The largest absolute Gasteiger partial charge is 0.478 e. The number of fused-ring (bicyclic) bond motifs is 3. The van der Waals surface area contributed by atoms with E-state index in [4.69, 9.17) is 14.8 Å². The van der Waals surface area contributed by atoms with Crippen molar-refractivity contribution in [3.05, 3.63) is 71.0 Å². The van der Waals surface area contributed by atoms with Crippen LogP contribution in [0, 0.1) is 13.8 Å². The second-order valence-electron chi connectivity index (χ2n) is 7.22. The molecule has 31 heavy (non-hydrogen) atoms. The molecule has 2 heterocycles. The molecule has 0 radical (unpaired) electrons. The number of carbonyl (C=O) groups excluding carboxylic acids is 1. The molecule has 7 nitrogen and oxygen atoms in total. The molecule has 0 amide bonds. The average Bonchev–Trinajstić information content (AvgIpc) is 2.74. The quantitative estimate of drug-likeness (QED) is 0.349. The molecule has 0 saturated carbocycles. The number of pyridine rings is 2. The summed E-state index contributed by atoms with van der Waals surface area (Å²) in [7, 11) is 0. The second-order valence-corrected chi connectivity index (χ2v) is 7.22. The molecule has 2 aromatic heterocycles. The minimum absolute atomic E-state index is 0.176. The van der Waals surface area contributed by atoms with Gasteiger partial charge in [-0.15, -0.1) is 0 Å². The Morgan fingerprint density at radius 2 is 1.84 bits per heavy atom. The first-order chi connectivity index (χ1) is 14.9. The van der Waals surface area contributed by atoms with E-state index in [1.54, 1.807) is 19.1 Å². The molecule has 0 aliphatic rings. The highest BCUT2D eigenvalue weighted by Gasteiger charge is 2.20. The van der Waals surface area contributed by atoms with Crippen molar-refractivity contribution < 1.29 is 19.4 Å². The summed E-state index contributed by atoms with van der Waals surface area (Å²) < 4.78 is 5.24. The molecule has 0 spiro atoms. The molecule has 156 valence electrons. The molecule has 4 aromatic rings. The highest BCUT2D eigenvalue weighted by atomic mass is 16.5. The maximum Gasteiger partial charge on any atom is 0.341 e. The van der Waals surface area contributed by atoms with Crippen molar-refractivity contribution in [2.45, 2.75) is 20.8 Å². The number of ether oxygens (including phenoxy) is 1. The Morgan fingerprint density at radius 1 is 1.10 bits per heavy atom. The van der Waals surface area contributed by atoms with Crippen LogP contribution in [0.4, 0.5) is 11.4 Å². The van der Waals surface area contributed by atoms with E-state index >= 15 is 0 Å². The SMILES string of the molecule is CCOC(=O)c1cnc2c(c(C)nc3ccc(C)cc32)c1Nc1ccc(C(=O)O)cc1. The lowest BCUT2D eigenvalue weighted by Crippen LogP contribution is -2.10. The van der Waals surface area contributed by atoms with Crippen LogP contribution in [0.15, 0.2) is 48.7 Å². The van der Waals surface area contributed by atoms with E-state index < -0.39 is 11.9 Å². The first kappa shape index (κ1) is 20.3. The van der Waals surface area contributed by atoms with Gasteiger partial charge in [-0.25, -0.2) is 9.59 Å². The van der Waals surface area contributed by atoms with Gasteiger partial charge >= 0.3 is 11.9 Å². The number of hydrogen-bond acceptors (Lipinski definition) is 6. The van der Waals surface area contributed by atoms with Gasteiger partial charge in [0.25, 0.3) is 0 Å². The van der Waals surface area contributed by atoms with Gasteiger partial charge in [-0.2, -0.15) is 0 Å². The monoisotopic (exact) mass is 415 g/mol. The number of carboxylic acids is 1. The molecular weight excluding hydrogens is 394 g/mol. The fourth-order valence-corrected chi connectivity index (χ4v) is 3.58. The van der Waals surface area contributed by atoms with Crippen molar-refractivity contribution in [3.8, 4) is 0 Å². The normalized spacial score (nSPS) is 10.9. The lowest BCUT2D eigenvalue weighted by atomic mass is 10.0. The van der Waals surface area contributed by atoms with Crippen molar-refractivity contribution in [1.82, 2.24) is 9.97 Å². The average molecular weight is 415 g/mol. The fraction of sp³-hybridized carbons (Fsp3) is 0.167. The lowest BCUT2D eigenvalue weighted by Gasteiger charge is -2.17. The van der Waals surface area contributed by atoms with Gasteiger partial charge in [0.2, 0.25) is 0 Å². The molecule has 0 fully saturated rings. The van der Waals surface area contributed by atoms with Crippen LogP contribution in [0.25, 0.3) is 21.8 Å².